The van der Waals surface area contributed by atoms with Crippen LogP contribution in [0.3, 0.4) is 0 Å². The molecule has 3 rings (SSSR count). The summed E-state index contributed by atoms with van der Waals surface area (Å²) < 4.78 is 2.60. The van der Waals surface area contributed by atoms with Gasteiger partial charge in [0, 0.05) is 11.9 Å². The molecule has 0 atom stereocenters. The molecule has 3 aromatic rings. The molecule has 8 heteroatoms. The molecule has 0 fully saturated rings. The summed E-state index contributed by atoms with van der Waals surface area (Å²) in [7, 11) is 0. The Morgan fingerprint density at radius 1 is 1.12 bits per heavy atom. The molecule has 0 saturated heterocycles. The van der Waals surface area contributed by atoms with Gasteiger partial charge in [-0.15, -0.1) is 0 Å². The highest BCUT2D eigenvalue weighted by molar-refractivity contribution is 9.10. The Morgan fingerprint density at radius 3 is 2.54 bits per heavy atom. The van der Waals surface area contributed by atoms with Gasteiger partial charge in [-0.1, -0.05) is 47.0 Å². The molecule has 0 spiro atoms. The molecule has 0 aliphatic rings. The second-order valence-corrected chi connectivity index (χ2v) is 7.79. The molecular weight excluding hydrogens is 455 g/mol. The number of rotatable bonds is 4. The Hall–Kier alpha value is -1.60. The standard InChI is InChI=1S/C18H15BrCl2N4S/c1-11-2-5-13(6-3-11)22-18(26)23-17-14(19)10-25(24-17)9-12-4-7-15(20)16(21)8-12/h2-8,10H,9H2,1H3,(H2,22,23,24,26). The normalized spacial score (nSPS) is 10.6. The predicted octanol–water partition coefficient (Wildman–Crippen LogP) is 6.12. The second kappa shape index (κ2) is 8.39. The highest BCUT2D eigenvalue weighted by Crippen LogP contribution is 2.25. The van der Waals surface area contributed by atoms with E-state index in [-0.39, 0.29) is 0 Å². The van der Waals surface area contributed by atoms with E-state index in [9.17, 15) is 0 Å². The first-order valence-corrected chi connectivity index (χ1v) is 9.68. The van der Waals surface area contributed by atoms with Gasteiger partial charge < -0.3 is 10.6 Å². The number of halogens is 3. The average Bonchev–Trinajstić information content (AvgIpc) is 2.92. The third kappa shape index (κ3) is 4.98. The maximum Gasteiger partial charge on any atom is 0.176 e. The number of hydrogen-bond acceptors (Lipinski definition) is 2. The molecule has 26 heavy (non-hydrogen) atoms. The van der Waals surface area contributed by atoms with Crippen LogP contribution >= 0.6 is 51.3 Å². The van der Waals surface area contributed by atoms with E-state index in [0.717, 1.165) is 15.7 Å². The van der Waals surface area contributed by atoms with Crippen LogP contribution in [0.15, 0.2) is 53.1 Å². The lowest BCUT2D eigenvalue weighted by atomic mass is 10.2. The Morgan fingerprint density at radius 2 is 1.85 bits per heavy atom. The minimum Gasteiger partial charge on any atom is -0.332 e. The van der Waals surface area contributed by atoms with Crippen molar-refractivity contribution < 1.29 is 0 Å². The zero-order chi connectivity index (χ0) is 18.7. The van der Waals surface area contributed by atoms with Crippen molar-refractivity contribution in [1.82, 2.24) is 9.78 Å². The minimum atomic E-state index is 0.467. The number of anilines is 2. The number of benzene rings is 2. The van der Waals surface area contributed by atoms with E-state index in [0.29, 0.717) is 27.5 Å². The summed E-state index contributed by atoms with van der Waals surface area (Å²) in [6, 6.07) is 13.5. The summed E-state index contributed by atoms with van der Waals surface area (Å²) in [6.07, 6.45) is 1.87. The Balaban J connectivity index is 1.66. The molecule has 1 heterocycles. The smallest absolute Gasteiger partial charge is 0.176 e. The van der Waals surface area contributed by atoms with Gasteiger partial charge in [0.15, 0.2) is 10.9 Å². The van der Waals surface area contributed by atoms with Crippen LogP contribution in [0.4, 0.5) is 11.5 Å². The Kier molecular flexibility index (Phi) is 6.19. The van der Waals surface area contributed by atoms with Crippen LogP contribution in [-0.2, 0) is 6.54 Å². The molecule has 1 aromatic heterocycles. The first-order valence-electron chi connectivity index (χ1n) is 7.72. The lowest BCUT2D eigenvalue weighted by Crippen LogP contribution is -2.19. The number of nitrogens with one attached hydrogen (secondary N) is 2. The number of nitrogens with zero attached hydrogens (tertiary/aromatic N) is 2. The molecule has 134 valence electrons. The molecule has 2 N–H and O–H groups in total. The maximum absolute atomic E-state index is 6.06. The van der Waals surface area contributed by atoms with Gasteiger partial charge in [0.2, 0.25) is 0 Å². The molecule has 0 unspecified atom stereocenters. The van der Waals surface area contributed by atoms with E-state index in [4.69, 9.17) is 35.4 Å². The fraction of sp³-hybridized carbons (Fsp3) is 0.111. The van der Waals surface area contributed by atoms with E-state index in [2.05, 4.69) is 31.7 Å². The van der Waals surface area contributed by atoms with E-state index in [1.54, 1.807) is 10.7 Å². The van der Waals surface area contributed by atoms with Crippen molar-refractivity contribution in [3.05, 3.63) is 74.3 Å². The minimum absolute atomic E-state index is 0.467. The van der Waals surface area contributed by atoms with Crippen LogP contribution in [0, 0.1) is 6.92 Å². The summed E-state index contributed by atoms with van der Waals surface area (Å²) in [4.78, 5) is 0. The van der Waals surface area contributed by atoms with Crippen molar-refractivity contribution in [3.63, 3.8) is 0 Å². The van der Waals surface area contributed by atoms with E-state index in [1.807, 2.05) is 49.5 Å². The molecular formula is C18H15BrCl2N4S. The molecule has 0 aliphatic heterocycles. The number of aromatic nitrogens is 2. The lowest BCUT2D eigenvalue weighted by molar-refractivity contribution is 0.689. The molecule has 0 aliphatic carbocycles. The Bertz CT molecular complexity index is 941. The van der Waals surface area contributed by atoms with Crippen molar-refractivity contribution in [1.29, 1.82) is 0 Å². The molecule has 2 aromatic carbocycles. The topological polar surface area (TPSA) is 41.9 Å². The summed E-state index contributed by atoms with van der Waals surface area (Å²) in [6.45, 7) is 2.60. The summed E-state index contributed by atoms with van der Waals surface area (Å²) in [5, 5.41) is 12.3. The first kappa shape index (κ1) is 19.2. The SMILES string of the molecule is Cc1ccc(NC(=S)Nc2nn(Cc3ccc(Cl)c(Cl)c3)cc2Br)cc1. The summed E-state index contributed by atoms with van der Waals surface area (Å²) in [5.41, 5.74) is 3.11. The number of aryl methyl sites for hydroxylation is 1. The summed E-state index contributed by atoms with van der Waals surface area (Å²) in [5.74, 6) is 0.634. The summed E-state index contributed by atoms with van der Waals surface area (Å²) >= 11 is 20.9. The average molecular weight is 470 g/mol. The fourth-order valence-electron chi connectivity index (χ4n) is 2.29. The molecule has 0 bridgehead atoms. The predicted molar refractivity (Wildman–Crippen MR) is 117 cm³/mol. The van der Waals surface area contributed by atoms with Crippen LogP contribution in [-0.4, -0.2) is 14.9 Å². The number of thiocarbonyl (C=S) groups is 1. The number of hydrogen-bond donors (Lipinski definition) is 2. The quantitative estimate of drug-likeness (QED) is 0.451. The second-order valence-electron chi connectivity index (χ2n) is 5.72. The molecule has 0 saturated carbocycles. The maximum atomic E-state index is 6.06. The monoisotopic (exact) mass is 468 g/mol. The van der Waals surface area contributed by atoms with Crippen molar-refractivity contribution >= 4 is 68.0 Å². The van der Waals surface area contributed by atoms with Gasteiger partial charge in [-0.25, -0.2) is 0 Å². The van der Waals surface area contributed by atoms with E-state index in [1.165, 1.54) is 5.56 Å². The van der Waals surface area contributed by atoms with Crippen molar-refractivity contribution in [3.8, 4) is 0 Å². The van der Waals surface area contributed by atoms with E-state index < -0.39 is 0 Å². The largest absolute Gasteiger partial charge is 0.332 e. The fourth-order valence-corrected chi connectivity index (χ4v) is 3.24. The molecule has 0 amide bonds. The lowest BCUT2D eigenvalue weighted by Gasteiger charge is -2.09. The first-order chi connectivity index (χ1) is 12.4. The van der Waals surface area contributed by atoms with Gasteiger partial charge in [0.25, 0.3) is 0 Å². The van der Waals surface area contributed by atoms with Crippen molar-refractivity contribution in [2.75, 3.05) is 10.6 Å². The van der Waals surface area contributed by atoms with Crippen molar-refractivity contribution in [2.45, 2.75) is 13.5 Å². The van der Waals surface area contributed by atoms with E-state index >= 15 is 0 Å². The zero-order valence-corrected chi connectivity index (χ0v) is 17.7. The van der Waals surface area contributed by atoms with Crippen LogP contribution in [0.25, 0.3) is 0 Å². The third-order valence-electron chi connectivity index (χ3n) is 3.59. The molecule has 0 radical (unpaired) electrons. The third-order valence-corrected chi connectivity index (χ3v) is 5.11. The van der Waals surface area contributed by atoms with Gasteiger partial charge in [-0.05, 0) is 64.9 Å². The zero-order valence-electron chi connectivity index (χ0n) is 13.8. The van der Waals surface area contributed by atoms with Gasteiger partial charge in [-0.3, -0.25) is 4.68 Å². The van der Waals surface area contributed by atoms with Gasteiger partial charge in [0.1, 0.15) is 0 Å². The van der Waals surface area contributed by atoms with Crippen molar-refractivity contribution in [2.24, 2.45) is 0 Å². The van der Waals surface area contributed by atoms with Crippen LogP contribution in [0.5, 0.6) is 0 Å². The highest BCUT2D eigenvalue weighted by Gasteiger charge is 2.09. The highest BCUT2D eigenvalue weighted by atomic mass is 79.9. The van der Waals surface area contributed by atoms with Gasteiger partial charge in [0.05, 0.1) is 21.1 Å². The van der Waals surface area contributed by atoms with Gasteiger partial charge >= 0.3 is 0 Å². The van der Waals surface area contributed by atoms with Crippen LogP contribution < -0.4 is 10.6 Å². The Labute approximate surface area is 175 Å². The molecule has 4 nitrogen and oxygen atoms in total. The van der Waals surface area contributed by atoms with Gasteiger partial charge in [-0.2, -0.15) is 5.10 Å². The van der Waals surface area contributed by atoms with Crippen LogP contribution in [0.1, 0.15) is 11.1 Å². The van der Waals surface area contributed by atoms with Crippen LogP contribution in [0.2, 0.25) is 10.0 Å².